The maximum atomic E-state index is 12.0. The molecule has 0 heterocycles. The Labute approximate surface area is 162 Å². The van der Waals surface area contributed by atoms with Crippen molar-refractivity contribution in [2.75, 3.05) is 25.6 Å². The average Bonchev–Trinajstić information content (AvgIpc) is 2.52. The molecule has 0 amide bonds. The predicted molar refractivity (Wildman–Crippen MR) is 108 cm³/mol. The quantitative estimate of drug-likeness (QED) is 0.389. The largest absolute Gasteiger partial charge is 0.378 e. The van der Waals surface area contributed by atoms with E-state index in [9.17, 15) is 8.42 Å². The van der Waals surface area contributed by atoms with E-state index in [0.717, 1.165) is 12.8 Å². The van der Waals surface area contributed by atoms with Gasteiger partial charge in [-0.3, -0.25) is 0 Å². The van der Waals surface area contributed by atoms with E-state index < -0.39 is 9.84 Å². The Morgan fingerprint density at radius 3 is 1.38 bits per heavy atom. The van der Waals surface area contributed by atoms with Crippen LogP contribution in [-0.2, 0) is 24.0 Å². The molecule has 0 saturated carbocycles. The van der Waals surface area contributed by atoms with E-state index in [1.807, 2.05) is 41.5 Å². The molecule has 0 fully saturated rings. The summed E-state index contributed by atoms with van der Waals surface area (Å²) in [5, 5.41) is -0.315. The normalized spacial score (nSPS) is 13.5. The van der Waals surface area contributed by atoms with Gasteiger partial charge in [0.1, 0.15) is 0 Å². The van der Waals surface area contributed by atoms with Crippen LogP contribution in [0.1, 0.15) is 74.7 Å². The Morgan fingerprint density at radius 1 is 0.692 bits per heavy atom. The molecule has 0 aliphatic rings. The highest BCUT2D eigenvalue weighted by molar-refractivity contribution is 7.91. The summed E-state index contributed by atoms with van der Waals surface area (Å²) in [7, 11) is -2.99. The van der Waals surface area contributed by atoms with Crippen molar-refractivity contribution < 1.29 is 22.6 Å². The molecule has 0 aromatic heterocycles. The molecule has 0 bridgehead atoms. The maximum Gasteiger partial charge on any atom is 0.152 e. The highest BCUT2D eigenvalue weighted by atomic mass is 32.2. The van der Waals surface area contributed by atoms with Crippen molar-refractivity contribution >= 4 is 9.84 Å². The first-order valence-electron chi connectivity index (χ1n) is 9.96. The van der Waals surface area contributed by atoms with Gasteiger partial charge in [0, 0.05) is 5.41 Å². The van der Waals surface area contributed by atoms with Crippen LogP contribution in [0, 0.1) is 5.41 Å². The third-order valence-electron chi connectivity index (χ3n) is 4.27. The second-order valence-corrected chi connectivity index (χ2v) is 11.1. The zero-order valence-corrected chi connectivity index (χ0v) is 19.0. The van der Waals surface area contributed by atoms with Crippen molar-refractivity contribution in [1.29, 1.82) is 0 Å². The minimum atomic E-state index is -2.99. The molecule has 5 nitrogen and oxygen atoms in total. The summed E-state index contributed by atoms with van der Waals surface area (Å²) in [6.45, 7) is 17.3. The van der Waals surface area contributed by atoms with Gasteiger partial charge in [-0.15, -0.1) is 0 Å². The first-order chi connectivity index (χ1) is 11.9. The summed E-state index contributed by atoms with van der Waals surface area (Å²) in [5.41, 5.74) is -0.250. The predicted octanol–water partition coefficient (Wildman–Crippen LogP) is 4.24. The third-order valence-corrected chi connectivity index (χ3v) is 6.57. The van der Waals surface area contributed by atoms with Crippen LogP contribution in [0.4, 0.5) is 0 Å². The number of sulfone groups is 1. The minimum absolute atomic E-state index is 0.133. The standard InChI is InChI=1S/C20H42O5S/c1-16(2)23-13-20(14-24-17(3)4,15-25-18(5)6)11-9-10-12-26(21,22)19(7)8/h16-19H,9-15H2,1-8H3. The molecule has 0 saturated heterocycles. The smallest absolute Gasteiger partial charge is 0.152 e. The third kappa shape index (κ3) is 11.5. The highest BCUT2D eigenvalue weighted by Crippen LogP contribution is 2.29. The lowest BCUT2D eigenvalue weighted by atomic mass is 9.85. The number of rotatable bonds is 15. The molecule has 0 aromatic carbocycles. The van der Waals surface area contributed by atoms with Gasteiger partial charge < -0.3 is 14.2 Å². The summed E-state index contributed by atoms with van der Waals surface area (Å²) in [5.74, 6) is 0.238. The van der Waals surface area contributed by atoms with Crippen molar-refractivity contribution in [3.05, 3.63) is 0 Å². The van der Waals surface area contributed by atoms with Gasteiger partial charge in [-0.2, -0.15) is 0 Å². The average molecular weight is 395 g/mol. The van der Waals surface area contributed by atoms with E-state index in [4.69, 9.17) is 14.2 Å². The van der Waals surface area contributed by atoms with E-state index in [1.54, 1.807) is 13.8 Å². The van der Waals surface area contributed by atoms with Gasteiger partial charge >= 0.3 is 0 Å². The summed E-state index contributed by atoms with van der Waals surface area (Å²) in [4.78, 5) is 0. The van der Waals surface area contributed by atoms with Gasteiger partial charge in [-0.1, -0.05) is 6.42 Å². The number of unbranched alkanes of at least 4 members (excludes halogenated alkanes) is 1. The molecule has 0 aliphatic carbocycles. The van der Waals surface area contributed by atoms with Gasteiger partial charge in [0.25, 0.3) is 0 Å². The monoisotopic (exact) mass is 394 g/mol. The fraction of sp³-hybridized carbons (Fsp3) is 1.00. The fourth-order valence-corrected chi connectivity index (χ4v) is 3.49. The first-order valence-corrected chi connectivity index (χ1v) is 11.7. The molecule has 0 rings (SSSR count). The molecule has 0 N–H and O–H groups in total. The Balaban J connectivity index is 4.98. The van der Waals surface area contributed by atoms with Crippen LogP contribution in [-0.4, -0.2) is 57.6 Å². The lowest BCUT2D eigenvalue weighted by Gasteiger charge is -2.35. The van der Waals surface area contributed by atoms with Crippen LogP contribution < -0.4 is 0 Å². The Bertz CT molecular complexity index is 424. The molecule has 6 heteroatoms. The van der Waals surface area contributed by atoms with Gasteiger partial charge in [-0.25, -0.2) is 8.42 Å². The Morgan fingerprint density at radius 2 is 1.08 bits per heavy atom. The van der Waals surface area contributed by atoms with Crippen LogP contribution in [0.25, 0.3) is 0 Å². The molecule has 0 aliphatic heterocycles. The minimum Gasteiger partial charge on any atom is -0.378 e. The summed E-state index contributed by atoms with van der Waals surface area (Å²) < 4.78 is 41.8. The highest BCUT2D eigenvalue weighted by Gasteiger charge is 2.32. The molecule has 0 atom stereocenters. The van der Waals surface area contributed by atoms with E-state index in [-0.39, 0.29) is 34.7 Å². The van der Waals surface area contributed by atoms with Crippen molar-refractivity contribution in [1.82, 2.24) is 0 Å². The Hall–Kier alpha value is -0.170. The summed E-state index contributed by atoms with van der Waals surface area (Å²) >= 11 is 0. The molecule has 0 aromatic rings. The molecular weight excluding hydrogens is 352 g/mol. The van der Waals surface area contributed by atoms with Crippen LogP contribution in [0.3, 0.4) is 0 Å². The second kappa shape index (κ2) is 12.3. The lowest BCUT2D eigenvalue weighted by molar-refractivity contribution is -0.105. The molecular formula is C20H42O5S. The van der Waals surface area contributed by atoms with Gasteiger partial charge in [0.2, 0.25) is 0 Å². The van der Waals surface area contributed by atoms with Crippen molar-refractivity contribution in [3.8, 4) is 0 Å². The summed E-state index contributed by atoms with van der Waals surface area (Å²) in [6.07, 6.45) is 2.70. The summed E-state index contributed by atoms with van der Waals surface area (Å²) in [6, 6.07) is 0. The van der Waals surface area contributed by atoms with E-state index in [0.29, 0.717) is 26.2 Å². The maximum absolute atomic E-state index is 12.0. The fourth-order valence-electron chi connectivity index (χ4n) is 2.41. The zero-order valence-electron chi connectivity index (χ0n) is 18.2. The molecule has 158 valence electrons. The van der Waals surface area contributed by atoms with Crippen molar-refractivity contribution in [2.24, 2.45) is 5.41 Å². The SMILES string of the molecule is CC(C)OCC(CCCCS(=O)(=O)C(C)C)(COC(C)C)COC(C)C. The molecule has 0 spiro atoms. The zero-order chi connectivity index (χ0) is 20.4. The number of ether oxygens (including phenoxy) is 3. The number of hydrogen-bond donors (Lipinski definition) is 0. The second-order valence-electron chi connectivity index (χ2n) is 8.45. The van der Waals surface area contributed by atoms with E-state index in [1.165, 1.54) is 0 Å². The van der Waals surface area contributed by atoms with Gasteiger partial charge in [0.15, 0.2) is 9.84 Å². The topological polar surface area (TPSA) is 61.8 Å². The van der Waals surface area contributed by atoms with E-state index in [2.05, 4.69) is 0 Å². The molecule has 26 heavy (non-hydrogen) atoms. The molecule has 0 unspecified atom stereocenters. The van der Waals surface area contributed by atoms with Crippen LogP contribution in [0.5, 0.6) is 0 Å². The van der Waals surface area contributed by atoms with E-state index >= 15 is 0 Å². The Kier molecular flexibility index (Phi) is 12.2. The first kappa shape index (κ1) is 25.8. The van der Waals surface area contributed by atoms with Crippen molar-refractivity contribution in [2.45, 2.75) is 98.2 Å². The number of hydrogen-bond acceptors (Lipinski definition) is 5. The van der Waals surface area contributed by atoms with Gasteiger partial charge in [-0.05, 0) is 68.2 Å². The molecule has 0 radical (unpaired) electrons. The van der Waals surface area contributed by atoms with Crippen molar-refractivity contribution in [3.63, 3.8) is 0 Å². The van der Waals surface area contributed by atoms with Crippen LogP contribution in [0.2, 0.25) is 0 Å². The van der Waals surface area contributed by atoms with Crippen LogP contribution >= 0.6 is 0 Å². The van der Waals surface area contributed by atoms with Gasteiger partial charge in [0.05, 0.1) is 49.1 Å². The lowest BCUT2D eigenvalue weighted by Crippen LogP contribution is -2.40. The van der Waals surface area contributed by atoms with Crippen LogP contribution in [0.15, 0.2) is 0 Å².